The highest BCUT2D eigenvalue weighted by Crippen LogP contribution is 2.21. The molecule has 80 valence electrons. The number of rotatable bonds is 2. The van der Waals surface area contributed by atoms with Crippen LogP contribution >= 0.6 is 11.8 Å². The number of nitrogens with one attached hydrogen (secondary N) is 2. The fraction of sp³-hybridized carbons (Fsp3) is 0.900. The highest BCUT2D eigenvalue weighted by molar-refractivity contribution is 7.99. The molecule has 2 N–H and O–H groups in total. The van der Waals surface area contributed by atoms with Gasteiger partial charge in [-0.25, -0.2) is 0 Å². The Labute approximate surface area is 90.1 Å². The van der Waals surface area contributed by atoms with Crippen LogP contribution in [0.25, 0.3) is 0 Å². The van der Waals surface area contributed by atoms with E-state index in [4.69, 9.17) is 0 Å². The zero-order valence-corrected chi connectivity index (χ0v) is 9.57. The maximum Gasteiger partial charge on any atom is 0.191 e. The molecule has 0 amide bonds. The van der Waals surface area contributed by atoms with Crippen LogP contribution in [0.15, 0.2) is 4.99 Å². The minimum absolute atomic E-state index is 0.513. The first-order valence-corrected chi connectivity index (χ1v) is 6.62. The Balaban J connectivity index is 1.66. The SMILES string of the molecule is CC1CN=C(NCC2CCSCC2)N1. The van der Waals surface area contributed by atoms with Gasteiger partial charge in [0.2, 0.25) is 0 Å². The minimum Gasteiger partial charge on any atom is -0.356 e. The fourth-order valence-corrected chi connectivity index (χ4v) is 3.06. The monoisotopic (exact) mass is 213 g/mol. The largest absolute Gasteiger partial charge is 0.356 e. The van der Waals surface area contributed by atoms with Crippen molar-refractivity contribution in [3.8, 4) is 0 Å². The van der Waals surface area contributed by atoms with Gasteiger partial charge in [-0.1, -0.05) is 0 Å². The molecule has 0 aromatic carbocycles. The van der Waals surface area contributed by atoms with E-state index in [0.29, 0.717) is 6.04 Å². The number of aliphatic imine (C=N–C) groups is 1. The van der Waals surface area contributed by atoms with Crippen LogP contribution in [-0.4, -0.2) is 36.6 Å². The molecular formula is C10H19N3S. The summed E-state index contributed by atoms with van der Waals surface area (Å²) in [5, 5.41) is 6.74. The molecule has 2 aliphatic heterocycles. The molecule has 2 heterocycles. The number of hydrogen-bond donors (Lipinski definition) is 2. The van der Waals surface area contributed by atoms with Gasteiger partial charge in [0.25, 0.3) is 0 Å². The van der Waals surface area contributed by atoms with Crippen molar-refractivity contribution < 1.29 is 0 Å². The lowest BCUT2D eigenvalue weighted by atomic mass is 10.0. The van der Waals surface area contributed by atoms with Crippen molar-refractivity contribution in [2.45, 2.75) is 25.8 Å². The van der Waals surface area contributed by atoms with Crippen molar-refractivity contribution >= 4 is 17.7 Å². The van der Waals surface area contributed by atoms with Crippen LogP contribution in [0.4, 0.5) is 0 Å². The molecule has 2 aliphatic rings. The Bertz CT molecular complexity index is 211. The molecule has 0 spiro atoms. The average molecular weight is 213 g/mol. The lowest BCUT2D eigenvalue weighted by Crippen LogP contribution is -2.40. The van der Waals surface area contributed by atoms with Crippen LogP contribution in [0.3, 0.4) is 0 Å². The molecule has 0 bridgehead atoms. The first-order chi connectivity index (χ1) is 6.84. The first-order valence-electron chi connectivity index (χ1n) is 5.47. The molecule has 1 unspecified atom stereocenters. The van der Waals surface area contributed by atoms with Crippen molar-refractivity contribution in [1.29, 1.82) is 0 Å². The molecular weight excluding hydrogens is 194 g/mol. The van der Waals surface area contributed by atoms with Gasteiger partial charge in [0, 0.05) is 12.6 Å². The van der Waals surface area contributed by atoms with Gasteiger partial charge in [0.15, 0.2) is 5.96 Å². The third-order valence-corrected chi connectivity index (χ3v) is 3.85. The molecule has 0 aromatic heterocycles. The van der Waals surface area contributed by atoms with E-state index < -0.39 is 0 Å². The first kappa shape index (κ1) is 10.1. The van der Waals surface area contributed by atoms with E-state index in [2.05, 4.69) is 34.3 Å². The normalized spacial score (nSPS) is 28.4. The van der Waals surface area contributed by atoms with Gasteiger partial charge in [-0.15, -0.1) is 0 Å². The summed E-state index contributed by atoms with van der Waals surface area (Å²) >= 11 is 2.08. The van der Waals surface area contributed by atoms with Crippen LogP contribution in [0, 0.1) is 5.92 Å². The smallest absolute Gasteiger partial charge is 0.191 e. The Morgan fingerprint density at radius 1 is 1.50 bits per heavy atom. The lowest BCUT2D eigenvalue weighted by molar-refractivity contribution is 0.479. The number of thioether (sulfide) groups is 1. The van der Waals surface area contributed by atoms with Gasteiger partial charge in [0.1, 0.15) is 0 Å². The molecule has 1 atom stereocenters. The highest BCUT2D eigenvalue weighted by atomic mass is 32.2. The van der Waals surface area contributed by atoms with E-state index in [-0.39, 0.29) is 0 Å². The lowest BCUT2D eigenvalue weighted by Gasteiger charge is -2.22. The van der Waals surface area contributed by atoms with Crippen molar-refractivity contribution in [3.05, 3.63) is 0 Å². The second-order valence-corrected chi connectivity index (χ2v) is 5.40. The predicted octanol–water partition coefficient (Wildman–Crippen LogP) is 1.07. The van der Waals surface area contributed by atoms with Crippen LogP contribution in [0.2, 0.25) is 0 Å². The van der Waals surface area contributed by atoms with E-state index in [1.807, 2.05) is 0 Å². The Morgan fingerprint density at radius 3 is 2.93 bits per heavy atom. The molecule has 4 heteroatoms. The maximum atomic E-state index is 4.39. The zero-order chi connectivity index (χ0) is 9.80. The molecule has 0 aliphatic carbocycles. The number of guanidine groups is 1. The molecule has 3 nitrogen and oxygen atoms in total. The van der Waals surface area contributed by atoms with Gasteiger partial charge in [-0.2, -0.15) is 11.8 Å². The Kier molecular flexibility index (Phi) is 3.56. The molecule has 0 radical (unpaired) electrons. The summed E-state index contributed by atoms with van der Waals surface area (Å²) < 4.78 is 0. The van der Waals surface area contributed by atoms with Crippen molar-refractivity contribution in [2.24, 2.45) is 10.9 Å². The third kappa shape index (κ3) is 2.80. The van der Waals surface area contributed by atoms with Gasteiger partial charge in [0.05, 0.1) is 6.54 Å². The standard InChI is InChI=1S/C10H19N3S/c1-8-6-11-10(13-8)12-7-9-2-4-14-5-3-9/h8-9H,2-7H2,1H3,(H2,11,12,13). The fourth-order valence-electron chi connectivity index (χ4n) is 1.85. The molecule has 14 heavy (non-hydrogen) atoms. The van der Waals surface area contributed by atoms with Gasteiger partial charge in [-0.3, -0.25) is 4.99 Å². The predicted molar refractivity (Wildman–Crippen MR) is 63.0 cm³/mol. The quantitative estimate of drug-likeness (QED) is 0.720. The summed E-state index contributed by atoms with van der Waals surface area (Å²) in [7, 11) is 0. The summed E-state index contributed by atoms with van der Waals surface area (Å²) in [4.78, 5) is 4.39. The Hall–Kier alpha value is -0.380. The average Bonchev–Trinajstić information content (AvgIpc) is 2.63. The van der Waals surface area contributed by atoms with Gasteiger partial charge in [-0.05, 0) is 37.2 Å². The second kappa shape index (κ2) is 4.91. The van der Waals surface area contributed by atoms with E-state index in [9.17, 15) is 0 Å². The van der Waals surface area contributed by atoms with Gasteiger partial charge >= 0.3 is 0 Å². The van der Waals surface area contributed by atoms with Crippen LogP contribution in [-0.2, 0) is 0 Å². The second-order valence-electron chi connectivity index (χ2n) is 4.17. The van der Waals surface area contributed by atoms with E-state index in [0.717, 1.165) is 25.0 Å². The van der Waals surface area contributed by atoms with Crippen molar-refractivity contribution in [3.63, 3.8) is 0 Å². The van der Waals surface area contributed by atoms with Crippen molar-refractivity contribution in [1.82, 2.24) is 10.6 Å². The van der Waals surface area contributed by atoms with E-state index >= 15 is 0 Å². The summed E-state index contributed by atoms with van der Waals surface area (Å²) in [5.41, 5.74) is 0. The molecule has 1 saturated heterocycles. The summed E-state index contributed by atoms with van der Waals surface area (Å²) in [6, 6.07) is 0.513. The van der Waals surface area contributed by atoms with E-state index in [1.165, 1.54) is 24.3 Å². The van der Waals surface area contributed by atoms with E-state index in [1.54, 1.807) is 0 Å². The Morgan fingerprint density at radius 2 is 2.29 bits per heavy atom. The zero-order valence-electron chi connectivity index (χ0n) is 8.75. The number of hydrogen-bond acceptors (Lipinski definition) is 4. The topological polar surface area (TPSA) is 36.4 Å². The number of nitrogens with zero attached hydrogens (tertiary/aromatic N) is 1. The van der Waals surface area contributed by atoms with Gasteiger partial charge < -0.3 is 10.6 Å². The highest BCUT2D eigenvalue weighted by Gasteiger charge is 2.16. The maximum absolute atomic E-state index is 4.39. The van der Waals surface area contributed by atoms with Crippen LogP contribution < -0.4 is 10.6 Å². The van der Waals surface area contributed by atoms with Crippen LogP contribution in [0.1, 0.15) is 19.8 Å². The molecule has 2 rings (SSSR count). The molecule has 1 fully saturated rings. The minimum atomic E-state index is 0.513. The molecule has 0 aromatic rings. The van der Waals surface area contributed by atoms with Crippen molar-refractivity contribution in [2.75, 3.05) is 24.6 Å². The summed E-state index contributed by atoms with van der Waals surface area (Å²) in [6.45, 7) is 4.18. The summed E-state index contributed by atoms with van der Waals surface area (Å²) in [6.07, 6.45) is 2.72. The summed E-state index contributed by atoms with van der Waals surface area (Å²) in [5.74, 6) is 4.54. The molecule has 0 saturated carbocycles. The van der Waals surface area contributed by atoms with Crippen LogP contribution in [0.5, 0.6) is 0 Å². The third-order valence-electron chi connectivity index (χ3n) is 2.81.